The molecule has 262 valence electrons. The molecule has 4 aromatic carbocycles. The number of aliphatic hydroxyl groups is 1. The molecule has 1 aliphatic rings. The van der Waals surface area contributed by atoms with Crippen LogP contribution in [0.4, 0.5) is 4.79 Å². The van der Waals surface area contributed by atoms with E-state index in [4.69, 9.17) is 4.74 Å². The summed E-state index contributed by atoms with van der Waals surface area (Å²) in [4.78, 5) is 40.5. The lowest BCUT2D eigenvalue weighted by Crippen LogP contribution is -2.62. The molecule has 0 spiro atoms. The Balaban J connectivity index is 1.49. The van der Waals surface area contributed by atoms with E-state index >= 15 is 0 Å². The van der Waals surface area contributed by atoms with Crippen molar-refractivity contribution < 1.29 is 29.4 Å². The normalized spacial score (nSPS) is 15.8. The van der Waals surface area contributed by atoms with E-state index in [1.165, 1.54) is 12.1 Å². The Morgan fingerprint density at radius 2 is 1.44 bits per heavy atom. The summed E-state index contributed by atoms with van der Waals surface area (Å²) in [5, 5.41) is 28.6. The van der Waals surface area contributed by atoms with E-state index in [0.29, 0.717) is 23.5 Å². The van der Waals surface area contributed by atoms with E-state index in [0.717, 1.165) is 27.8 Å². The SMILES string of the molecule is COC(=O)N[C@H](C(=O)NN(Cc1ccc(-c2ccccc2)cc1)C[C@@](O)(Cc1ccccc1)C(=O)N(O)C1CCc2ccccc21)C(C)(C)C. The summed E-state index contributed by atoms with van der Waals surface area (Å²) in [6, 6.07) is 32.7. The number of rotatable bonds is 12. The van der Waals surface area contributed by atoms with Crippen LogP contribution in [0.5, 0.6) is 0 Å². The Kier molecular flexibility index (Phi) is 11.4. The summed E-state index contributed by atoms with van der Waals surface area (Å²) in [5.41, 5.74) is 5.35. The van der Waals surface area contributed by atoms with Crippen molar-refractivity contribution in [2.75, 3.05) is 13.7 Å². The molecule has 0 aromatic heterocycles. The highest BCUT2D eigenvalue weighted by Gasteiger charge is 2.45. The van der Waals surface area contributed by atoms with Gasteiger partial charge >= 0.3 is 6.09 Å². The molecule has 10 nitrogen and oxygen atoms in total. The van der Waals surface area contributed by atoms with E-state index in [-0.39, 0.29) is 19.5 Å². The monoisotopic (exact) mass is 678 g/mol. The molecule has 0 aliphatic heterocycles. The predicted molar refractivity (Wildman–Crippen MR) is 190 cm³/mol. The quantitative estimate of drug-likeness (QED) is 0.109. The van der Waals surface area contributed by atoms with Gasteiger partial charge in [-0.2, -0.15) is 0 Å². The molecule has 0 saturated carbocycles. The number of nitrogens with one attached hydrogen (secondary N) is 2. The Morgan fingerprint density at radius 3 is 2.08 bits per heavy atom. The highest BCUT2D eigenvalue weighted by atomic mass is 16.5. The third-order valence-corrected chi connectivity index (χ3v) is 9.07. The van der Waals surface area contributed by atoms with Crippen molar-refractivity contribution in [3.8, 4) is 11.1 Å². The lowest BCUT2D eigenvalue weighted by atomic mass is 9.86. The van der Waals surface area contributed by atoms with E-state index < -0.39 is 41.0 Å². The molecule has 3 atom stereocenters. The van der Waals surface area contributed by atoms with Gasteiger partial charge < -0.3 is 15.2 Å². The molecule has 5 rings (SSSR count). The van der Waals surface area contributed by atoms with Gasteiger partial charge in [-0.05, 0) is 51.6 Å². The Labute approximate surface area is 293 Å². The number of hydroxylamine groups is 2. The summed E-state index contributed by atoms with van der Waals surface area (Å²) >= 11 is 0. The maximum absolute atomic E-state index is 14.3. The first kappa shape index (κ1) is 36.3. The number of carbonyl (C=O) groups is 3. The fourth-order valence-electron chi connectivity index (χ4n) is 6.45. The van der Waals surface area contributed by atoms with Gasteiger partial charge in [0.2, 0.25) is 0 Å². The number of hydrogen-bond acceptors (Lipinski definition) is 7. The van der Waals surface area contributed by atoms with Crippen LogP contribution in [-0.2, 0) is 33.7 Å². The van der Waals surface area contributed by atoms with Crippen LogP contribution in [0.1, 0.15) is 55.5 Å². The first-order chi connectivity index (χ1) is 23.9. The van der Waals surface area contributed by atoms with Crippen molar-refractivity contribution in [2.45, 2.75) is 64.3 Å². The van der Waals surface area contributed by atoms with Gasteiger partial charge in [0.15, 0.2) is 5.60 Å². The number of amides is 3. The number of hydrazine groups is 1. The topological polar surface area (TPSA) is 131 Å². The number of nitrogens with zero attached hydrogens (tertiary/aromatic N) is 2. The summed E-state index contributed by atoms with van der Waals surface area (Å²) in [5.74, 6) is -1.45. The van der Waals surface area contributed by atoms with Crippen molar-refractivity contribution >= 4 is 17.9 Å². The Hall–Kier alpha value is -5.03. The van der Waals surface area contributed by atoms with Crippen molar-refractivity contribution in [1.29, 1.82) is 0 Å². The van der Waals surface area contributed by atoms with Crippen LogP contribution in [0.15, 0.2) is 109 Å². The molecule has 1 unspecified atom stereocenters. The lowest BCUT2D eigenvalue weighted by Gasteiger charge is -2.38. The molecule has 0 saturated heterocycles. The van der Waals surface area contributed by atoms with Gasteiger partial charge in [0, 0.05) is 13.0 Å². The summed E-state index contributed by atoms with van der Waals surface area (Å²) in [7, 11) is 1.22. The zero-order valence-electron chi connectivity index (χ0n) is 29.0. The van der Waals surface area contributed by atoms with Crippen LogP contribution < -0.4 is 10.7 Å². The number of fused-ring (bicyclic) bond motifs is 1. The number of methoxy groups -OCH3 is 1. The lowest BCUT2D eigenvalue weighted by molar-refractivity contribution is -0.199. The molecular formula is C40H46N4O6. The van der Waals surface area contributed by atoms with Crippen LogP contribution in [0.3, 0.4) is 0 Å². The van der Waals surface area contributed by atoms with Crippen molar-refractivity contribution in [1.82, 2.24) is 20.8 Å². The maximum atomic E-state index is 14.3. The smallest absolute Gasteiger partial charge is 0.407 e. The van der Waals surface area contributed by atoms with Gasteiger partial charge in [-0.3, -0.25) is 20.2 Å². The number of hydrogen-bond donors (Lipinski definition) is 4. The first-order valence-corrected chi connectivity index (χ1v) is 16.8. The average molecular weight is 679 g/mol. The van der Waals surface area contributed by atoms with Crippen molar-refractivity contribution in [3.63, 3.8) is 0 Å². The highest BCUT2D eigenvalue weighted by molar-refractivity contribution is 5.87. The number of benzene rings is 4. The fourth-order valence-corrected chi connectivity index (χ4v) is 6.45. The molecule has 4 N–H and O–H groups in total. The average Bonchev–Trinajstić information content (AvgIpc) is 3.54. The van der Waals surface area contributed by atoms with E-state index in [2.05, 4.69) is 10.7 Å². The zero-order valence-corrected chi connectivity index (χ0v) is 29.0. The van der Waals surface area contributed by atoms with Gasteiger partial charge in [-0.15, -0.1) is 0 Å². The Bertz CT molecular complexity index is 1760. The zero-order chi connectivity index (χ0) is 35.9. The fraction of sp³-hybridized carbons (Fsp3) is 0.325. The second-order valence-electron chi connectivity index (χ2n) is 13.9. The van der Waals surface area contributed by atoms with Crippen LogP contribution in [0.2, 0.25) is 0 Å². The van der Waals surface area contributed by atoms with Gasteiger partial charge in [-0.1, -0.05) is 130 Å². The highest BCUT2D eigenvalue weighted by Crippen LogP contribution is 2.36. The van der Waals surface area contributed by atoms with Crippen LogP contribution in [0.25, 0.3) is 11.1 Å². The van der Waals surface area contributed by atoms with Crippen LogP contribution in [0, 0.1) is 5.41 Å². The van der Waals surface area contributed by atoms with Gasteiger partial charge in [0.05, 0.1) is 19.7 Å². The van der Waals surface area contributed by atoms with Gasteiger partial charge in [-0.25, -0.2) is 14.9 Å². The maximum Gasteiger partial charge on any atom is 0.407 e. The second kappa shape index (κ2) is 15.7. The van der Waals surface area contributed by atoms with Crippen molar-refractivity contribution in [3.05, 3.63) is 131 Å². The summed E-state index contributed by atoms with van der Waals surface area (Å²) < 4.78 is 4.79. The van der Waals surface area contributed by atoms with Crippen LogP contribution >= 0.6 is 0 Å². The number of ether oxygens (including phenoxy) is 1. The predicted octanol–water partition coefficient (Wildman–Crippen LogP) is 5.84. The van der Waals surface area contributed by atoms with Gasteiger partial charge in [0.25, 0.3) is 11.8 Å². The third-order valence-electron chi connectivity index (χ3n) is 9.07. The molecule has 50 heavy (non-hydrogen) atoms. The number of aryl methyl sites for hydroxylation is 1. The molecule has 0 heterocycles. The molecule has 0 bridgehead atoms. The number of alkyl carbamates (subject to hydrolysis) is 1. The van der Waals surface area contributed by atoms with Crippen molar-refractivity contribution in [2.24, 2.45) is 5.41 Å². The minimum atomic E-state index is -2.18. The minimum Gasteiger partial charge on any atom is -0.453 e. The molecule has 10 heteroatoms. The first-order valence-electron chi connectivity index (χ1n) is 16.8. The van der Waals surface area contributed by atoms with E-state index in [1.54, 1.807) is 32.9 Å². The Morgan fingerprint density at radius 1 is 0.840 bits per heavy atom. The molecular weight excluding hydrogens is 632 g/mol. The molecule has 3 amide bonds. The summed E-state index contributed by atoms with van der Waals surface area (Å²) in [6.07, 6.45) is 0.279. The minimum absolute atomic E-state index is 0.0952. The largest absolute Gasteiger partial charge is 0.453 e. The second-order valence-corrected chi connectivity index (χ2v) is 13.9. The van der Waals surface area contributed by atoms with Gasteiger partial charge in [0.1, 0.15) is 6.04 Å². The van der Waals surface area contributed by atoms with E-state index in [1.807, 2.05) is 97.1 Å². The standard InChI is InChI=1S/C40H46N4O6/c1-39(2,3)35(41-38(47)50-4)36(45)42-43(26-29-19-21-31(22-20-29)30-15-9-6-10-16-30)27-40(48,25-28-13-7-5-8-14-28)37(46)44(49)34-24-23-32-17-11-12-18-33(32)34/h5-22,34-35,48-49H,23-27H2,1-4H3,(H,41,47)(H,42,45)/t34?,35-,40+/m1/s1. The number of carbonyl (C=O) groups excluding carboxylic acids is 3. The molecule has 0 fully saturated rings. The van der Waals surface area contributed by atoms with E-state index in [9.17, 15) is 24.7 Å². The van der Waals surface area contributed by atoms with Crippen LogP contribution in [-0.4, -0.2) is 63.6 Å². The molecule has 1 aliphatic carbocycles. The summed E-state index contributed by atoms with van der Waals surface area (Å²) in [6.45, 7) is 5.12. The molecule has 0 radical (unpaired) electrons. The molecule has 4 aromatic rings. The third kappa shape index (κ3) is 8.76.